The topological polar surface area (TPSA) is 73.3 Å². The number of rotatable bonds is 4. The molecule has 0 atom stereocenters. The van der Waals surface area contributed by atoms with Crippen molar-refractivity contribution in [2.45, 2.75) is 0 Å². The number of aromatic nitrogens is 2. The van der Waals surface area contributed by atoms with E-state index in [1.54, 1.807) is 0 Å². The van der Waals surface area contributed by atoms with Gasteiger partial charge in [0.2, 0.25) is 24.1 Å². The van der Waals surface area contributed by atoms with Gasteiger partial charge in [-0.2, -0.15) is 9.97 Å². The highest BCUT2D eigenvalue weighted by Gasteiger charge is 2.03. The van der Waals surface area contributed by atoms with E-state index >= 15 is 0 Å². The summed E-state index contributed by atoms with van der Waals surface area (Å²) in [6, 6.07) is 1.51. The molecular formula is C7H9N3O3. The molecule has 70 valence electrons. The summed E-state index contributed by atoms with van der Waals surface area (Å²) in [7, 11) is 2.93. The molecule has 1 amide bonds. The summed E-state index contributed by atoms with van der Waals surface area (Å²) in [6.45, 7) is 0. The lowest BCUT2D eigenvalue weighted by atomic mass is 10.6. The highest BCUT2D eigenvalue weighted by Crippen LogP contribution is 2.16. The van der Waals surface area contributed by atoms with Crippen LogP contribution in [0.25, 0.3) is 0 Å². The van der Waals surface area contributed by atoms with Gasteiger partial charge in [-0.1, -0.05) is 0 Å². The van der Waals surface area contributed by atoms with Crippen LogP contribution in [0.1, 0.15) is 0 Å². The summed E-state index contributed by atoms with van der Waals surface area (Å²) in [5.41, 5.74) is 0. The first-order valence-corrected chi connectivity index (χ1v) is 3.47. The van der Waals surface area contributed by atoms with Crippen molar-refractivity contribution in [3.63, 3.8) is 0 Å². The molecule has 13 heavy (non-hydrogen) atoms. The van der Waals surface area contributed by atoms with Gasteiger partial charge in [0.05, 0.1) is 20.3 Å². The Morgan fingerprint density at radius 3 is 2.23 bits per heavy atom. The molecule has 0 aliphatic rings. The first-order valence-electron chi connectivity index (χ1n) is 3.47. The molecular weight excluding hydrogens is 174 g/mol. The van der Waals surface area contributed by atoms with Gasteiger partial charge in [0.25, 0.3) is 0 Å². The van der Waals surface area contributed by atoms with Crippen molar-refractivity contribution in [2.75, 3.05) is 19.5 Å². The normalized spacial score (nSPS) is 9.08. The van der Waals surface area contributed by atoms with Crippen molar-refractivity contribution >= 4 is 12.4 Å². The molecule has 0 unspecified atom stereocenters. The summed E-state index contributed by atoms with van der Waals surface area (Å²) < 4.78 is 9.71. The van der Waals surface area contributed by atoms with Gasteiger partial charge < -0.3 is 9.47 Å². The Bertz CT molecular complexity index is 281. The maximum absolute atomic E-state index is 10.1. The smallest absolute Gasteiger partial charge is 0.235 e. The zero-order chi connectivity index (χ0) is 9.68. The molecule has 0 aromatic carbocycles. The zero-order valence-electron chi connectivity index (χ0n) is 7.27. The first kappa shape index (κ1) is 9.24. The summed E-state index contributed by atoms with van der Waals surface area (Å²) in [5, 5.41) is 2.29. The van der Waals surface area contributed by atoms with Crippen LogP contribution in [-0.2, 0) is 4.79 Å². The molecule has 6 heteroatoms. The standard InChI is InChI=1S/C7H9N3O3/c1-12-5-3-6(13-2)10-7(9-5)8-4-11/h3-4H,1-2H3,(H,8,9,10,11). The number of hydrogen-bond acceptors (Lipinski definition) is 5. The Hall–Kier alpha value is -1.85. The average Bonchev–Trinajstić information content (AvgIpc) is 2.17. The third-order valence-corrected chi connectivity index (χ3v) is 1.29. The van der Waals surface area contributed by atoms with E-state index in [0.717, 1.165) is 0 Å². The van der Waals surface area contributed by atoms with Crippen LogP contribution in [0.3, 0.4) is 0 Å². The fourth-order valence-electron chi connectivity index (χ4n) is 0.730. The maximum Gasteiger partial charge on any atom is 0.235 e. The molecule has 1 heterocycles. The van der Waals surface area contributed by atoms with Crippen LogP contribution in [0, 0.1) is 0 Å². The fourth-order valence-corrected chi connectivity index (χ4v) is 0.730. The second kappa shape index (κ2) is 4.24. The minimum atomic E-state index is 0.145. The van der Waals surface area contributed by atoms with Gasteiger partial charge in [0, 0.05) is 0 Å². The largest absolute Gasteiger partial charge is 0.481 e. The third-order valence-electron chi connectivity index (χ3n) is 1.29. The number of methoxy groups -OCH3 is 2. The summed E-state index contributed by atoms with van der Waals surface area (Å²) in [6.07, 6.45) is 0.480. The average molecular weight is 183 g/mol. The minimum absolute atomic E-state index is 0.145. The van der Waals surface area contributed by atoms with Crippen LogP contribution >= 0.6 is 0 Å². The van der Waals surface area contributed by atoms with Crippen LogP contribution in [0.2, 0.25) is 0 Å². The molecule has 0 aliphatic carbocycles. The third kappa shape index (κ3) is 2.29. The lowest BCUT2D eigenvalue weighted by Gasteiger charge is -2.04. The highest BCUT2D eigenvalue weighted by atomic mass is 16.5. The number of carbonyl (C=O) groups is 1. The quantitative estimate of drug-likeness (QED) is 0.668. The molecule has 1 N–H and O–H groups in total. The number of amides is 1. The van der Waals surface area contributed by atoms with Crippen LogP contribution in [-0.4, -0.2) is 30.6 Å². The Morgan fingerprint density at radius 1 is 1.31 bits per heavy atom. The Labute approximate surface area is 74.9 Å². The lowest BCUT2D eigenvalue weighted by Crippen LogP contribution is -2.02. The van der Waals surface area contributed by atoms with Gasteiger partial charge in [0.1, 0.15) is 0 Å². The molecule has 0 aliphatic heterocycles. The predicted molar refractivity (Wildman–Crippen MR) is 44.8 cm³/mol. The Morgan fingerprint density at radius 2 is 1.85 bits per heavy atom. The van der Waals surface area contributed by atoms with Gasteiger partial charge >= 0.3 is 0 Å². The van der Waals surface area contributed by atoms with Crippen molar-refractivity contribution in [3.05, 3.63) is 6.07 Å². The Kier molecular flexibility index (Phi) is 3.02. The van der Waals surface area contributed by atoms with E-state index in [0.29, 0.717) is 18.2 Å². The van der Waals surface area contributed by atoms with Crippen LogP contribution < -0.4 is 14.8 Å². The monoisotopic (exact) mass is 183 g/mol. The number of carbonyl (C=O) groups excluding carboxylic acids is 1. The molecule has 1 aromatic heterocycles. The van der Waals surface area contributed by atoms with E-state index < -0.39 is 0 Å². The van der Waals surface area contributed by atoms with E-state index in [1.165, 1.54) is 20.3 Å². The van der Waals surface area contributed by atoms with Gasteiger partial charge in [-0.3, -0.25) is 10.1 Å². The van der Waals surface area contributed by atoms with Crippen molar-refractivity contribution in [1.29, 1.82) is 0 Å². The first-order chi connectivity index (χ1) is 6.30. The molecule has 0 fully saturated rings. The molecule has 1 rings (SSSR count). The molecule has 0 spiro atoms. The highest BCUT2D eigenvalue weighted by molar-refractivity contribution is 5.66. The van der Waals surface area contributed by atoms with Crippen molar-refractivity contribution in [1.82, 2.24) is 9.97 Å². The molecule has 0 saturated carbocycles. The van der Waals surface area contributed by atoms with Gasteiger partial charge in [0.15, 0.2) is 0 Å². The predicted octanol–water partition coefficient (Wildman–Crippen LogP) is 0.0621. The fraction of sp³-hybridized carbons (Fsp3) is 0.286. The van der Waals surface area contributed by atoms with E-state index in [9.17, 15) is 4.79 Å². The molecule has 0 bridgehead atoms. The van der Waals surface area contributed by atoms with E-state index in [2.05, 4.69) is 15.3 Å². The molecule has 1 aromatic rings. The summed E-state index contributed by atoms with van der Waals surface area (Å²) in [5.74, 6) is 0.804. The Balaban J connectivity index is 2.99. The zero-order valence-corrected chi connectivity index (χ0v) is 7.27. The molecule has 0 radical (unpaired) electrons. The van der Waals surface area contributed by atoms with Crippen molar-refractivity contribution in [3.8, 4) is 11.8 Å². The van der Waals surface area contributed by atoms with Crippen molar-refractivity contribution < 1.29 is 14.3 Å². The van der Waals surface area contributed by atoms with Crippen LogP contribution in [0.5, 0.6) is 11.8 Å². The van der Waals surface area contributed by atoms with Crippen molar-refractivity contribution in [2.24, 2.45) is 0 Å². The number of hydrogen-bond donors (Lipinski definition) is 1. The van der Waals surface area contributed by atoms with E-state index in [-0.39, 0.29) is 5.95 Å². The van der Waals surface area contributed by atoms with Gasteiger partial charge in [-0.15, -0.1) is 0 Å². The second-order valence-electron chi connectivity index (χ2n) is 2.04. The number of anilines is 1. The minimum Gasteiger partial charge on any atom is -0.481 e. The summed E-state index contributed by atoms with van der Waals surface area (Å²) in [4.78, 5) is 17.8. The van der Waals surface area contributed by atoms with Gasteiger partial charge in [-0.25, -0.2) is 0 Å². The van der Waals surface area contributed by atoms with E-state index in [4.69, 9.17) is 9.47 Å². The molecule has 6 nitrogen and oxygen atoms in total. The second-order valence-corrected chi connectivity index (χ2v) is 2.04. The van der Waals surface area contributed by atoms with Crippen LogP contribution in [0.15, 0.2) is 6.07 Å². The molecule has 0 saturated heterocycles. The maximum atomic E-state index is 10.1. The lowest BCUT2D eigenvalue weighted by molar-refractivity contribution is -0.105. The SMILES string of the molecule is COc1cc(OC)nc(NC=O)n1. The van der Waals surface area contributed by atoms with Crippen LogP contribution in [0.4, 0.5) is 5.95 Å². The number of nitrogens with one attached hydrogen (secondary N) is 1. The van der Waals surface area contributed by atoms with Gasteiger partial charge in [-0.05, 0) is 0 Å². The van der Waals surface area contributed by atoms with E-state index in [1.807, 2.05) is 0 Å². The number of nitrogens with zero attached hydrogens (tertiary/aromatic N) is 2. The number of ether oxygens (including phenoxy) is 2. The summed E-state index contributed by atoms with van der Waals surface area (Å²) >= 11 is 0.